The van der Waals surface area contributed by atoms with E-state index in [9.17, 15) is 61.0 Å². The van der Waals surface area contributed by atoms with Gasteiger partial charge in [-0.05, 0) is 109 Å². The second kappa shape index (κ2) is 18.0. The predicted molar refractivity (Wildman–Crippen MR) is 230 cm³/mol. The number of carbonyl (C=O) groups excluding carboxylic acids is 1. The van der Waals surface area contributed by atoms with Gasteiger partial charge in [-0.15, -0.1) is 0 Å². The number of aliphatic hydroxyl groups excluding tert-OH is 11. The lowest BCUT2D eigenvalue weighted by molar-refractivity contribution is -0.369. The van der Waals surface area contributed by atoms with Crippen molar-refractivity contribution in [3.8, 4) is 0 Å². The van der Waals surface area contributed by atoms with Gasteiger partial charge in [-0.3, -0.25) is 4.79 Å². The maximum Gasteiger partial charge on any atom is 0.315 e. The lowest BCUT2D eigenvalue weighted by Crippen LogP contribution is -2.67. The molecule has 0 aromatic rings. The zero-order valence-corrected chi connectivity index (χ0v) is 39.5. The molecular weight excluding hydrogens is 865 g/mol. The normalized spacial score (nSPS) is 53.3. The molecule has 0 unspecified atom stereocenters. The Labute approximate surface area is 387 Å². The molecule has 0 radical (unpaired) electrons. The molecule has 66 heavy (non-hydrogen) atoms. The first-order valence-corrected chi connectivity index (χ1v) is 24.3. The molecule has 18 heteroatoms. The Morgan fingerprint density at radius 2 is 1.15 bits per heavy atom. The van der Waals surface area contributed by atoms with Gasteiger partial charge < -0.3 is 84.6 Å². The van der Waals surface area contributed by atoms with Gasteiger partial charge in [-0.25, -0.2) is 0 Å². The van der Waals surface area contributed by atoms with Crippen LogP contribution in [0.25, 0.3) is 0 Å². The van der Waals surface area contributed by atoms with E-state index in [0.29, 0.717) is 19.3 Å². The van der Waals surface area contributed by atoms with Gasteiger partial charge >= 0.3 is 5.97 Å². The molecule has 3 saturated heterocycles. The summed E-state index contributed by atoms with van der Waals surface area (Å²) < 4.78 is 35.7. The molecule has 0 amide bonds. The molecule has 3 aliphatic heterocycles. The molecule has 0 aromatic carbocycles. The summed E-state index contributed by atoms with van der Waals surface area (Å²) >= 11 is 0. The number of hydrogen-bond donors (Lipinski definition) is 11. The zero-order valence-electron chi connectivity index (χ0n) is 39.5. The Morgan fingerprint density at radius 1 is 0.606 bits per heavy atom. The lowest BCUT2D eigenvalue weighted by Gasteiger charge is -2.71. The highest BCUT2D eigenvalue weighted by molar-refractivity contribution is 5.79. The molecule has 3 heterocycles. The molecule has 7 fully saturated rings. The largest absolute Gasteiger partial charge is 0.432 e. The van der Waals surface area contributed by atoms with Crippen LogP contribution in [-0.4, -0.2) is 180 Å². The highest BCUT2D eigenvalue weighted by Crippen LogP contribution is 2.76. The summed E-state index contributed by atoms with van der Waals surface area (Å²) in [6.45, 7) is 14.1. The summed E-state index contributed by atoms with van der Waals surface area (Å²) in [5, 5.41) is 116. The summed E-state index contributed by atoms with van der Waals surface area (Å²) in [5.74, 6) is -0.189. The molecule has 11 N–H and O–H groups in total. The number of fused-ring (bicyclic) bond motifs is 7. The number of carbonyl (C=O) groups is 1. The van der Waals surface area contributed by atoms with Crippen LogP contribution in [0.2, 0.25) is 0 Å². The molecule has 378 valence electrons. The van der Waals surface area contributed by atoms with Crippen molar-refractivity contribution in [3.05, 3.63) is 11.6 Å². The molecule has 0 bridgehead atoms. The van der Waals surface area contributed by atoms with E-state index in [2.05, 4.69) is 54.5 Å². The van der Waals surface area contributed by atoms with E-state index in [0.717, 1.165) is 44.9 Å². The fourth-order valence-electron chi connectivity index (χ4n) is 15.0. The lowest BCUT2D eigenvalue weighted by atomic mass is 9.33. The fraction of sp³-hybridized carbons (Fsp3) is 0.938. The monoisotopic (exact) mass is 943 g/mol. The maximum atomic E-state index is 14.7. The summed E-state index contributed by atoms with van der Waals surface area (Å²) in [7, 11) is 0. The van der Waals surface area contributed by atoms with Crippen LogP contribution in [0.4, 0.5) is 0 Å². The second-order valence-corrected chi connectivity index (χ2v) is 23.5. The second-order valence-electron chi connectivity index (χ2n) is 23.5. The highest BCUT2D eigenvalue weighted by atomic mass is 16.7. The van der Waals surface area contributed by atoms with Gasteiger partial charge in [0.2, 0.25) is 6.29 Å². The van der Waals surface area contributed by atoms with Gasteiger partial charge in [0, 0.05) is 0 Å². The third kappa shape index (κ3) is 7.87. The first kappa shape index (κ1) is 50.9. The van der Waals surface area contributed by atoms with Crippen molar-refractivity contribution >= 4 is 5.97 Å². The minimum atomic E-state index is -1.79. The van der Waals surface area contributed by atoms with Crippen LogP contribution in [-0.2, 0) is 33.2 Å². The van der Waals surface area contributed by atoms with Gasteiger partial charge in [-0.2, -0.15) is 0 Å². The zero-order chi connectivity index (χ0) is 48.3. The van der Waals surface area contributed by atoms with E-state index in [1.54, 1.807) is 0 Å². The first-order chi connectivity index (χ1) is 30.9. The van der Waals surface area contributed by atoms with Crippen LogP contribution in [0.3, 0.4) is 0 Å². The van der Waals surface area contributed by atoms with Crippen LogP contribution in [0.5, 0.6) is 0 Å². The van der Waals surface area contributed by atoms with E-state index in [1.807, 2.05) is 0 Å². The van der Waals surface area contributed by atoms with Crippen LogP contribution in [0.15, 0.2) is 11.6 Å². The molecule has 0 aromatic heterocycles. The third-order valence-electron chi connectivity index (χ3n) is 19.3. The maximum absolute atomic E-state index is 14.7. The van der Waals surface area contributed by atoms with Crippen molar-refractivity contribution in [2.45, 2.75) is 211 Å². The third-order valence-corrected chi connectivity index (χ3v) is 19.3. The van der Waals surface area contributed by atoms with E-state index in [-0.39, 0.29) is 39.4 Å². The number of esters is 1. The quantitative estimate of drug-likeness (QED) is 0.0833. The number of ether oxygens (including phenoxy) is 6. The van der Waals surface area contributed by atoms with Crippen LogP contribution >= 0.6 is 0 Å². The predicted octanol–water partition coefficient (Wildman–Crippen LogP) is 0.141. The summed E-state index contributed by atoms with van der Waals surface area (Å²) in [5.41, 5.74) is -0.674. The van der Waals surface area contributed by atoms with E-state index in [1.165, 1.54) is 5.57 Å². The van der Waals surface area contributed by atoms with Crippen LogP contribution in [0, 0.1) is 50.2 Å². The Balaban J connectivity index is 1.02. The Hall–Kier alpha value is -1.43. The topological polar surface area (TPSA) is 295 Å². The molecule has 18 nitrogen and oxygen atoms in total. The molecule has 23 atom stereocenters. The number of hydrogen-bond acceptors (Lipinski definition) is 18. The average Bonchev–Trinajstić information content (AvgIpc) is 3.26. The van der Waals surface area contributed by atoms with Gasteiger partial charge in [0.25, 0.3) is 0 Å². The van der Waals surface area contributed by atoms with Crippen LogP contribution < -0.4 is 0 Å². The highest BCUT2D eigenvalue weighted by Gasteiger charge is 2.70. The minimum Gasteiger partial charge on any atom is -0.432 e. The molecular formula is C48H78O18. The molecule has 0 spiro atoms. The fourth-order valence-corrected chi connectivity index (χ4v) is 15.0. The van der Waals surface area contributed by atoms with Gasteiger partial charge in [0.05, 0.1) is 31.3 Å². The molecule has 8 rings (SSSR count). The Kier molecular flexibility index (Phi) is 13.9. The van der Waals surface area contributed by atoms with Gasteiger partial charge in [-0.1, -0.05) is 60.1 Å². The summed E-state index contributed by atoms with van der Waals surface area (Å²) in [4.78, 5) is 14.7. The van der Waals surface area contributed by atoms with Crippen molar-refractivity contribution in [3.63, 3.8) is 0 Å². The van der Waals surface area contributed by atoms with E-state index in [4.69, 9.17) is 28.4 Å². The van der Waals surface area contributed by atoms with Crippen molar-refractivity contribution in [1.82, 2.24) is 0 Å². The van der Waals surface area contributed by atoms with Gasteiger partial charge in [0.1, 0.15) is 73.2 Å². The van der Waals surface area contributed by atoms with Crippen molar-refractivity contribution < 1.29 is 89.4 Å². The number of aliphatic hydroxyl groups is 11. The summed E-state index contributed by atoms with van der Waals surface area (Å²) in [6, 6.07) is 0. The van der Waals surface area contributed by atoms with E-state index < -0.39 is 135 Å². The molecule has 5 aliphatic carbocycles. The molecule has 8 aliphatic rings. The number of rotatable bonds is 9. The minimum absolute atomic E-state index is 0.0581. The van der Waals surface area contributed by atoms with Crippen LogP contribution in [0.1, 0.15) is 113 Å². The first-order valence-electron chi connectivity index (χ1n) is 24.3. The Morgan fingerprint density at radius 3 is 1.76 bits per heavy atom. The van der Waals surface area contributed by atoms with Crippen molar-refractivity contribution in [2.24, 2.45) is 50.2 Å². The number of allylic oxidation sites excluding steroid dienone is 2. The Bertz CT molecular complexity index is 1790. The van der Waals surface area contributed by atoms with E-state index >= 15 is 0 Å². The summed E-state index contributed by atoms with van der Waals surface area (Å²) in [6.07, 6.45) is -13.7. The smallest absolute Gasteiger partial charge is 0.315 e. The standard InChI is InChI=1S/C48H78O18/c1-43(2)14-16-48(42(60)66-40-36(58)34(56)31(53)25(20-50)62-40)17-15-46(6)22(23(48)18-43)8-9-28-45(5)12-11-29(44(3,4)27(45)10-13-47(28,46)7)64-41-37(59)38(32(54)26(21-51)63-41)65-39-35(57)33(55)30(52)24(19-49)61-39/h8,23-41,49-59H,9-21H2,1-7H3/t23-,24+,25+,26-,27-,28+,29-,30-,31+,32+,33-,34+,35+,36+,37-,38-,39-,40-,41+,45-,46+,47+,48-/m0/s1. The average molecular weight is 943 g/mol. The van der Waals surface area contributed by atoms with Crippen molar-refractivity contribution in [1.29, 1.82) is 0 Å². The SMILES string of the molecule is CC1(C)CC[C@]2(C(=O)O[C@@H]3O[C@H](CO)[C@@H](O)[C@@H](O)[C@H]3O)CC[C@]3(C)C(=CC[C@@H]4[C@@]5(C)CC[C@H](O[C@H]6O[C@@H](CO)[C@@H](O)[C@H](O[C@@H]7O[C@H](CO)[C@H](O)[C@H](O)[C@H]7O)[C@@H]6O)C(C)(C)[C@@H]5CC[C@]43C)[C@@H]2C1. The van der Waals surface area contributed by atoms with Gasteiger partial charge in [0.15, 0.2) is 12.6 Å². The van der Waals surface area contributed by atoms with Crippen molar-refractivity contribution in [2.75, 3.05) is 19.8 Å². The molecule has 4 saturated carbocycles.